The van der Waals surface area contributed by atoms with Crippen LogP contribution in [0.4, 0.5) is 11.4 Å². The molecule has 0 aliphatic carbocycles. The third kappa shape index (κ3) is 2.59. The highest BCUT2D eigenvalue weighted by Crippen LogP contribution is 2.34. The Labute approximate surface area is 144 Å². The van der Waals surface area contributed by atoms with E-state index in [0.717, 1.165) is 27.9 Å². The van der Waals surface area contributed by atoms with Crippen LogP contribution in [0.15, 0.2) is 41.5 Å². The summed E-state index contributed by atoms with van der Waals surface area (Å²) in [6, 6.07) is 7.91. The van der Waals surface area contributed by atoms with Crippen LogP contribution in [0.1, 0.15) is 20.3 Å². The molecule has 1 atom stereocenters. The van der Waals surface area contributed by atoms with E-state index in [4.69, 9.17) is 0 Å². The maximum Gasteiger partial charge on any atom is 0.274 e. The number of aryl methyl sites for hydroxylation is 1. The molecule has 1 aliphatic rings. The van der Waals surface area contributed by atoms with Crippen molar-refractivity contribution in [2.75, 3.05) is 10.6 Å². The van der Waals surface area contributed by atoms with Crippen LogP contribution in [0.2, 0.25) is 0 Å². The number of aromatic nitrogens is 2. The van der Waals surface area contributed by atoms with Gasteiger partial charge in [0.15, 0.2) is 0 Å². The number of benzene rings is 1. The second-order valence-corrected chi connectivity index (χ2v) is 6.46. The van der Waals surface area contributed by atoms with Gasteiger partial charge < -0.3 is 20.2 Å². The van der Waals surface area contributed by atoms with Gasteiger partial charge in [-0.3, -0.25) is 9.59 Å². The number of nitrogens with zero attached hydrogens (tertiary/aromatic N) is 1. The maximum absolute atomic E-state index is 12.4. The summed E-state index contributed by atoms with van der Waals surface area (Å²) < 4.78 is 1.71. The van der Waals surface area contributed by atoms with E-state index in [1.165, 1.54) is 0 Å². The number of hydrogen-bond acceptors (Lipinski definition) is 3. The molecule has 0 bridgehead atoms. The number of anilines is 2. The lowest BCUT2D eigenvalue weighted by Crippen LogP contribution is -2.19. The van der Waals surface area contributed by atoms with Crippen LogP contribution in [0.3, 0.4) is 0 Å². The molecule has 0 saturated heterocycles. The highest BCUT2D eigenvalue weighted by molar-refractivity contribution is 5.99. The van der Waals surface area contributed by atoms with Gasteiger partial charge in [0, 0.05) is 42.4 Å². The van der Waals surface area contributed by atoms with Crippen molar-refractivity contribution >= 4 is 28.2 Å². The van der Waals surface area contributed by atoms with Gasteiger partial charge in [-0.25, -0.2) is 0 Å². The molecule has 6 heteroatoms. The van der Waals surface area contributed by atoms with Crippen LogP contribution < -0.4 is 16.2 Å². The number of nitrogens with one attached hydrogen (secondary N) is 3. The van der Waals surface area contributed by atoms with Crippen LogP contribution in [0.25, 0.3) is 22.0 Å². The minimum atomic E-state index is -0.0139. The molecule has 1 aromatic carbocycles. The Morgan fingerprint density at radius 1 is 1.20 bits per heavy atom. The lowest BCUT2D eigenvalue weighted by Gasteiger charge is -2.14. The number of fused-ring (bicyclic) bond motifs is 2. The van der Waals surface area contributed by atoms with Crippen LogP contribution in [0, 0.1) is 0 Å². The number of H-pyrrole nitrogens is 1. The van der Waals surface area contributed by atoms with E-state index in [1.54, 1.807) is 10.8 Å². The van der Waals surface area contributed by atoms with Crippen molar-refractivity contribution in [2.45, 2.75) is 32.9 Å². The van der Waals surface area contributed by atoms with Gasteiger partial charge in [0.1, 0.15) is 5.52 Å². The van der Waals surface area contributed by atoms with Crippen LogP contribution in [-0.2, 0) is 11.3 Å². The summed E-state index contributed by atoms with van der Waals surface area (Å²) in [5.41, 5.74) is 4.27. The van der Waals surface area contributed by atoms with Gasteiger partial charge in [-0.2, -0.15) is 0 Å². The van der Waals surface area contributed by atoms with Crippen molar-refractivity contribution < 1.29 is 4.79 Å². The van der Waals surface area contributed by atoms with E-state index in [0.29, 0.717) is 18.5 Å². The first-order chi connectivity index (χ1) is 12.1. The lowest BCUT2D eigenvalue weighted by molar-refractivity contribution is -0.116. The molecule has 0 fully saturated rings. The lowest BCUT2D eigenvalue weighted by atomic mass is 10.0. The van der Waals surface area contributed by atoms with Gasteiger partial charge in [-0.1, -0.05) is 6.07 Å². The summed E-state index contributed by atoms with van der Waals surface area (Å²) in [5, 5.41) is 7.22. The number of aromatic amines is 1. The van der Waals surface area contributed by atoms with E-state index in [1.807, 2.05) is 44.3 Å². The first-order valence-corrected chi connectivity index (χ1v) is 8.48. The quantitative estimate of drug-likeness (QED) is 0.672. The van der Waals surface area contributed by atoms with Gasteiger partial charge in [-0.05, 0) is 37.6 Å². The summed E-state index contributed by atoms with van der Waals surface area (Å²) in [7, 11) is 0. The van der Waals surface area contributed by atoms with Crippen LogP contribution in [-0.4, -0.2) is 21.5 Å². The molecule has 2 aromatic heterocycles. The third-order valence-electron chi connectivity index (χ3n) is 4.64. The zero-order valence-electron chi connectivity index (χ0n) is 14.2. The van der Waals surface area contributed by atoms with Crippen LogP contribution in [0.5, 0.6) is 0 Å². The summed E-state index contributed by atoms with van der Waals surface area (Å²) in [6.45, 7) is 4.55. The van der Waals surface area contributed by atoms with Gasteiger partial charge in [0.2, 0.25) is 5.91 Å². The molecule has 0 saturated carbocycles. The van der Waals surface area contributed by atoms with E-state index in [-0.39, 0.29) is 17.5 Å². The number of pyridine rings is 1. The van der Waals surface area contributed by atoms with Gasteiger partial charge in [-0.15, -0.1) is 0 Å². The first-order valence-electron chi connectivity index (χ1n) is 8.48. The number of amides is 1. The molecular formula is C19H20N4O2. The van der Waals surface area contributed by atoms with Gasteiger partial charge in [0.05, 0.1) is 11.4 Å². The summed E-state index contributed by atoms with van der Waals surface area (Å²) in [6.07, 6.45) is 4.13. The predicted molar refractivity (Wildman–Crippen MR) is 100 cm³/mol. The van der Waals surface area contributed by atoms with Crippen molar-refractivity contribution in [1.82, 2.24) is 9.55 Å². The number of rotatable bonds is 2. The second-order valence-electron chi connectivity index (χ2n) is 6.46. The Balaban J connectivity index is 1.90. The number of carbonyl (C=O) groups is 1. The average Bonchev–Trinajstić information content (AvgIpc) is 3.01. The Bertz CT molecular complexity index is 1030. The summed E-state index contributed by atoms with van der Waals surface area (Å²) in [5.74, 6) is 0.0130. The zero-order chi connectivity index (χ0) is 17.6. The third-order valence-corrected chi connectivity index (χ3v) is 4.64. The molecule has 4 rings (SSSR count). The van der Waals surface area contributed by atoms with Crippen molar-refractivity contribution in [3.8, 4) is 11.1 Å². The molecule has 3 heterocycles. The Morgan fingerprint density at radius 3 is 2.84 bits per heavy atom. The molecule has 25 heavy (non-hydrogen) atoms. The Kier molecular flexibility index (Phi) is 3.60. The zero-order valence-corrected chi connectivity index (χ0v) is 14.2. The highest BCUT2D eigenvalue weighted by Gasteiger charge is 2.19. The fourth-order valence-corrected chi connectivity index (χ4v) is 3.40. The van der Waals surface area contributed by atoms with Crippen molar-refractivity contribution in [2.24, 2.45) is 0 Å². The number of hydrogen-bond donors (Lipinski definition) is 3. The van der Waals surface area contributed by atoms with Crippen molar-refractivity contribution in [1.29, 1.82) is 0 Å². The minimum absolute atomic E-state index is 0.0130. The molecule has 1 aliphatic heterocycles. The largest absolute Gasteiger partial charge is 0.380 e. The minimum Gasteiger partial charge on any atom is -0.380 e. The smallest absolute Gasteiger partial charge is 0.274 e. The molecule has 128 valence electrons. The normalized spacial score (nSPS) is 16.9. The fraction of sp³-hybridized carbons (Fsp3) is 0.263. The van der Waals surface area contributed by atoms with E-state index in [9.17, 15) is 9.59 Å². The SMILES string of the molecule is CCn1cc(-c2ccc3c(c2)NC(C)CC(=O)N3)c2cc[nH]c2c1=O. The monoisotopic (exact) mass is 336 g/mol. The highest BCUT2D eigenvalue weighted by atomic mass is 16.1. The molecule has 3 N–H and O–H groups in total. The summed E-state index contributed by atoms with van der Waals surface area (Å²) in [4.78, 5) is 27.4. The molecule has 1 amide bonds. The molecular weight excluding hydrogens is 316 g/mol. The molecule has 6 nitrogen and oxygen atoms in total. The maximum atomic E-state index is 12.4. The average molecular weight is 336 g/mol. The van der Waals surface area contributed by atoms with Crippen molar-refractivity contribution in [3.05, 3.63) is 47.0 Å². The first kappa shape index (κ1) is 15.5. The predicted octanol–water partition coefficient (Wildman–Crippen LogP) is 3.16. The van der Waals surface area contributed by atoms with Crippen molar-refractivity contribution in [3.63, 3.8) is 0 Å². The molecule has 1 unspecified atom stereocenters. The molecule has 0 spiro atoms. The van der Waals surface area contributed by atoms with E-state index >= 15 is 0 Å². The Morgan fingerprint density at radius 2 is 2.04 bits per heavy atom. The van der Waals surface area contributed by atoms with Crippen LogP contribution >= 0.6 is 0 Å². The van der Waals surface area contributed by atoms with Gasteiger partial charge >= 0.3 is 0 Å². The standard InChI is InChI=1S/C19H20N4O2/c1-3-23-10-14(13-6-7-20-18(13)19(23)25)12-4-5-15-16(9-12)21-11(2)8-17(24)22-15/h4-7,9-11,20-21H,3,8H2,1-2H3,(H,22,24). The van der Waals surface area contributed by atoms with E-state index < -0.39 is 0 Å². The topological polar surface area (TPSA) is 78.9 Å². The fourth-order valence-electron chi connectivity index (χ4n) is 3.40. The van der Waals surface area contributed by atoms with E-state index in [2.05, 4.69) is 15.6 Å². The molecule has 0 radical (unpaired) electrons. The second kappa shape index (κ2) is 5.81. The Hall–Kier alpha value is -3.02. The summed E-state index contributed by atoms with van der Waals surface area (Å²) >= 11 is 0. The number of carbonyl (C=O) groups excluding carboxylic acids is 1. The molecule has 3 aromatic rings. The van der Waals surface area contributed by atoms with Gasteiger partial charge in [0.25, 0.3) is 5.56 Å².